The first-order valence-corrected chi connectivity index (χ1v) is 16.5. The molecule has 39 heavy (non-hydrogen) atoms. The molecule has 0 N–H and O–H groups in total. The summed E-state index contributed by atoms with van der Waals surface area (Å²) in [4.78, 5) is 0. The van der Waals surface area contributed by atoms with Crippen molar-refractivity contribution in [1.82, 2.24) is 0 Å². The van der Waals surface area contributed by atoms with Gasteiger partial charge < -0.3 is 24.8 Å². The van der Waals surface area contributed by atoms with Gasteiger partial charge in [0, 0.05) is 0 Å². The minimum Gasteiger partial charge on any atom is -1.00 e. The van der Waals surface area contributed by atoms with E-state index in [0.29, 0.717) is 0 Å². The van der Waals surface area contributed by atoms with E-state index in [1.807, 2.05) is 0 Å². The molecule has 0 aromatic heterocycles. The Morgan fingerprint density at radius 3 is 1.31 bits per heavy atom. The number of fused-ring (bicyclic) bond motifs is 2. The molecule has 2 atom stereocenters. The number of rotatable bonds is 8. The van der Waals surface area contributed by atoms with Gasteiger partial charge in [0.1, 0.15) is 0 Å². The fourth-order valence-corrected chi connectivity index (χ4v) is 13.8. The minimum absolute atomic E-state index is 0. The molecule has 0 saturated carbocycles. The number of allylic oxidation sites excluding steroid dienone is 10. The van der Waals surface area contributed by atoms with Crippen LogP contribution in [0.4, 0.5) is 0 Å². The van der Waals surface area contributed by atoms with Crippen molar-refractivity contribution in [1.29, 1.82) is 0 Å². The van der Waals surface area contributed by atoms with Gasteiger partial charge in [0.25, 0.3) is 0 Å². The van der Waals surface area contributed by atoms with E-state index in [0.717, 1.165) is 25.7 Å². The summed E-state index contributed by atoms with van der Waals surface area (Å²) in [5.74, 6) is 0. The summed E-state index contributed by atoms with van der Waals surface area (Å²) in [5.41, 5.74) is 9.30. The summed E-state index contributed by atoms with van der Waals surface area (Å²) in [6.07, 6.45) is 29.4. The molecule has 2 unspecified atom stereocenters. The Morgan fingerprint density at radius 2 is 0.974 bits per heavy atom. The van der Waals surface area contributed by atoms with Crippen LogP contribution in [0.2, 0.25) is 6.25 Å². The second kappa shape index (κ2) is 11.3. The molecule has 6 rings (SSSR count). The predicted octanol–water partition coefficient (Wildman–Crippen LogP) is 3.76. The molecule has 3 heteroatoms. The van der Waals surface area contributed by atoms with Gasteiger partial charge in [-0.3, -0.25) is 0 Å². The van der Waals surface area contributed by atoms with E-state index in [1.54, 1.807) is 11.1 Å². The molecular formula is C36H38Cl2Zr. The van der Waals surface area contributed by atoms with Gasteiger partial charge >= 0.3 is 236 Å². The molecule has 0 spiro atoms. The molecule has 2 aromatic carbocycles. The second-order valence-corrected chi connectivity index (χ2v) is 16.4. The Labute approximate surface area is 259 Å². The predicted molar refractivity (Wildman–Crippen MR) is 155 cm³/mol. The zero-order chi connectivity index (χ0) is 25.7. The van der Waals surface area contributed by atoms with E-state index in [4.69, 9.17) is 0 Å². The van der Waals surface area contributed by atoms with Crippen LogP contribution >= 0.6 is 0 Å². The Morgan fingerprint density at radius 1 is 0.615 bits per heavy atom. The normalized spacial score (nSPS) is 21.5. The average Bonchev–Trinajstić information content (AvgIpc) is 3.73. The maximum Gasteiger partial charge on any atom is -1.00 e. The molecule has 0 saturated heterocycles. The fourth-order valence-electron chi connectivity index (χ4n) is 7.30. The molecule has 4 aliphatic carbocycles. The van der Waals surface area contributed by atoms with Crippen molar-refractivity contribution >= 4 is 12.2 Å². The average molecular weight is 633 g/mol. The molecule has 0 bridgehead atoms. The molecule has 4 aliphatic rings. The number of halogens is 2. The van der Waals surface area contributed by atoms with Crippen LogP contribution in [0.15, 0.2) is 108 Å². The van der Waals surface area contributed by atoms with Crippen molar-refractivity contribution in [3.63, 3.8) is 0 Å². The van der Waals surface area contributed by atoms with Crippen molar-refractivity contribution in [3.8, 4) is 0 Å². The van der Waals surface area contributed by atoms with Gasteiger partial charge in [-0.15, -0.1) is 0 Å². The zero-order valence-corrected chi connectivity index (χ0v) is 27.4. The van der Waals surface area contributed by atoms with E-state index in [2.05, 4.69) is 137 Å². The first kappa shape index (κ1) is 30.3. The summed E-state index contributed by atoms with van der Waals surface area (Å²) < 4.78 is 0.251. The van der Waals surface area contributed by atoms with Crippen molar-refractivity contribution in [2.45, 2.75) is 59.6 Å². The van der Waals surface area contributed by atoms with Gasteiger partial charge in [-0.1, -0.05) is 0 Å². The van der Waals surface area contributed by atoms with E-state index in [-0.39, 0.29) is 41.9 Å². The first-order chi connectivity index (χ1) is 17.9. The third kappa shape index (κ3) is 4.62. The molecular weight excluding hydrogens is 595 g/mol. The first-order valence-electron chi connectivity index (χ1n) is 14.0. The summed E-state index contributed by atoms with van der Waals surface area (Å²) in [6.45, 7) is 10.0. The molecule has 0 radical (unpaired) electrons. The summed E-state index contributed by atoms with van der Waals surface area (Å²) >= 11 is -1.16. The minimum atomic E-state index is -1.16. The Bertz CT molecular complexity index is 1290. The fraction of sp³-hybridized carbons (Fsp3) is 0.333. The topological polar surface area (TPSA) is 0 Å². The maximum absolute atomic E-state index is 2.61. The number of benzene rings is 2. The van der Waals surface area contributed by atoms with Crippen LogP contribution < -0.4 is 24.8 Å². The van der Waals surface area contributed by atoms with Crippen molar-refractivity contribution in [2.75, 3.05) is 0 Å². The van der Waals surface area contributed by atoms with Crippen LogP contribution in [-0.4, -0.2) is 0 Å². The Balaban J connectivity index is 0.00000176. The zero-order valence-electron chi connectivity index (χ0n) is 23.5. The third-order valence-electron chi connectivity index (χ3n) is 10.3. The van der Waals surface area contributed by atoms with Gasteiger partial charge in [0.15, 0.2) is 0 Å². The van der Waals surface area contributed by atoms with Gasteiger partial charge in [-0.05, 0) is 0 Å². The molecule has 0 heterocycles. The Kier molecular flexibility index (Phi) is 8.79. The van der Waals surface area contributed by atoms with Crippen molar-refractivity contribution in [3.05, 3.63) is 131 Å². The van der Waals surface area contributed by atoms with Gasteiger partial charge in [-0.25, -0.2) is 0 Å². The summed E-state index contributed by atoms with van der Waals surface area (Å²) in [5, 5.41) is 0. The van der Waals surface area contributed by atoms with Crippen LogP contribution in [-0.2, 0) is 36.1 Å². The van der Waals surface area contributed by atoms with Gasteiger partial charge in [0.05, 0.1) is 0 Å². The third-order valence-corrected chi connectivity index (χ3v) is 16.6. The smallest absolute Gasteiger partial charge is 1.00 e. The quantitative estimate of drug-likeness (QED) is 0.416. The van der Waals surface area contributed by atoms with Crippen LogP contribution in [0, 0.1) is 10.8 Å². The Hall–Kier alpha value is -1.66. The van der Waals surface area contributed by atoms with E-state index >= 15 is 0 Å². The number of hydrogen-bond donors (Lipinski definition) is 0. The van der Waals surface area contributed by atoms with Crippen LogP contribution in [0.25, 0.3) is 12.2 Å². The molecule has 0 nitrogen and oxygen atoms in total. The molecule has 2 aromatic rings. The monoisotopic (exact) mass is 630 g/mol. The van der Waals surface area contributed by atoms with Gasteiger partial charge in [-0.2, -0.15) is 0 Å². The van der Waals surface area contributed by atoms with Crippen LogP contribution in [0.3, 0.4) is 0 Å². The summed E-state index contributed by atoms with van der Waals surface area (Å²) in [7, 11) is 0. The van der Waals surface area contributed by atoms with Crippen molar-refractivity contribution in [2.24, 2.45) is 10.8 Å². The SMILES string of the molecule is CCC(C)(C1=Cc2ccccc2C1)[C]1([Zr+2][C]2(C(C)(CC)C3=Cc4ccccc4C3)C=CC=C2)C=CC=C1.[Cl-].[Cl-]. The summed E-state index contributed by atoms with van der Waals surface area (Å²) in [6, 6.07) is 18.0. The number of hydrogen-bond acceptors (Lipinski definition) is 0. The van der Waals surface area contributed by atoms with Gasteiger partial charge in [0.2, 0.25) is 0 Å². The van der Waals surface area contributed by atoms with E-state index < -0.39 is 23.2 Å². The standard InChI is InChI=1S/2C18H19.2ClH.Zr/c2*1-3-18(2,16-10-6-7-11-16)17-12-14-8-4-5-9-15(14)13-17;;;/h2*4-12H,3,13H2,1-2H3;2*1H;/q;;;;+2/p-2. The van der Waals surface area contributed by atoms with Crippen LogP contribution in [0.5, 0.6) is 0 Å². The molecule has 200 valence electrons. The van der Waals surface area contributed by atoms with E-state index in [1.165, 1.54) is 22.3 Å². The maximum atomic E-state index is 2.61. The largest absolute Gasteiger partial charge is 1.00 e. The van der Waals surface area contributed by atoms with Crippen LogP contribution in [0.1, 0.15) is 62.8 Å². The second-order valence-electron chi connectivity index (χ2n) is 11.8. The molecule has 0 fully saturated rings. The molecule has 0 amide bonds. The van der Waals surface area contributed by atoms with E-state index in [9.17, 15) is 0 Å². The van der Waals surface area contributed by atoms with Crippen molar-refractivity contribution < 1.29 is 48.0 Å². The molecule has 0 aliphatic heterocycles.